The Bertz CT molecular complexity index is 934. The van der Waals surface area contributed by atoms with E-state index in [1.807, 2.05) is 24.3 Å². The van der Waals surface area contributed by atoms with Crippen LogP contribution >= 0.6 is 11.3 Å². The van der Waals surface area contributed by atoms with Crippen LogP contribution in [0.2, 0.25) is 0 Å². The zero-order valence-electron chi connectivity index (χ0n) is 12.2. The zero-order chi connectivity index (χ0) is 16.6. The number of anilines is 1. The fourth-order valence-corrected chi connectivity index (χ4v) is 4.50. The van der Waals surface area contributed by atoms with Gasteiger partial charge < -0.3 is 0 Å². The molecule has 0 N–H and O–H groups in total. The Kier molecular flexibility index (Phi) is 4.08. The minimum atomic E-state index is -3.56. The number of nitrogens with zero attached hydrogens (tertiary/aromatic N) is 1. The molecule has 1 heterocycles. The number of halogens is 2. The first-order valence-corrected chi connectivity index (χ1v) is 9.41. The molecule has 0 aliphatic rings. The molecule has 0 fully saturated rings. The van der Waals surface area contributed by atoms with Gasteiger partial charge in [-0.15, -0.1) is 11.3 Å². The van der Waals surface area contributed by atoms with E-state index in [4.69, 9.17) is 0 Å². The monoisotopic (exact) mass is 353 g/mol. The second-order valence-electron chi connectivity index (χ2n) is 5.14. The first kappa shape index (κ1) is 15.9. The van der Waals surface area contributed by atoms with Crippen LogP contribution in [0.3, 0.4) is 0 Å². The molecule has 0 unspecified atom stereocenters. The minimum Gasteiger partial charge on any atom is -0.257 e. The molecule has 0 bridgehead atoms. The van der Waals surface area contributed by atoms with Gasteiger partial charge in [-0.2, -0.15) is 0 Å². The van der Waals surface area contributed by atoms with E-state index in [1.54, 1.807) is 6.07 Å². The second kappa shape index (κ2) is 5.90. The van der Waals surface area contributed by atoms with E-state index in [9.17, 15) is 17.2 Å². The van der Waals surface area contributed by atoms with Crippen LogP contribution in [-0.4, -0.2) is 14.7 Å². The average Bonchev–Trinajstić information content (AvgIpc) is 2.90. The molecule has 0 spiro atoms. The summed E-state index contributed by atoms with van der Waals surface area (Å²) in [6.07, 6.45) is 1.09. The van der Waals surface area contributed by atoms with Crippen molar-refractivity contribution in [3.8, 4) is 0 Å². The summed E-state index contributed by atoms with van der Waals surface area (Å²) >= 11 is 1.34. The van der Waals surface area contributed by atoms with Crippen LogP contribution in [0.25, 0.3) is 10.1 Å². The lowest BCUT2D eigenvalue weighted by molar-refractivity contribution is 0.507. The molecular formula is C16H13F2NO2S2. The van der Waals surface area contributed by atoms with E-state index in [0.29, 0.717) is 10.6 Å². The first-order valence-electron chi connectivity index (χ1n) is 6.75. The van der Waals surface area contributed by atoms with E-state index >= 15 is 0 Å². The van der Waals surface area contributed by atoms with Crippen molar-refractivity contribution in [2.75, 3.05) is 10.6 Å². The maximum Gasteiger partial charge on any atom is 0.233 e. The maximum absolute atomic E-state index is 13.4. The van der Waals surface area contributed by atoms with Crippen molar-refractivity contribution in [2.24, 2.45) is 0 Å². The number of rotatable bonds is 4. The number of hydrogen-bond acceptors (Lipinski definition) is 3. The molecule has 0 radical (unpaired) electrons. The summed E-state index contributed by atoms with van der Waals surface area (Å²) in [5.41, 5.74) is 0.381. The highest BCUT2D eigenvalue weighted by Crippen LogP contribution is 2.34. The molecule has 3 rings (SSSR count). The third kappa shape index (κ3) is 3.35. The lowest BCUT2D eigenvalue weighted by Gasteiger charge is -2.20. The van der Waals surface area contributed by atoms with Crippen LogP contribution in [0.5, 0.6) is 0 Å². The molecule has 2 aromatic carbocycles. The van der Waals surface area contributed by atoms with Crippen LogP contribution in [0.1, 0.15) is 5.56 Å². The SMILES string of the molecule is CS(=O)(=O)N(Cc1ccc(F)c(F)c1)c1cc2ccccc2s1. The Balaban J connectivity index is 2.02. The van der Waals surface area contributed by atoms with Crippen molar-refractivity contribution in [2.45, 2.75) is 6.54 Å². The minimum absolute atomic E-state index is 0.0527. The Labute approximate surface area is 136 Å². The zero-order valence-corrected chi connectivity index (χ0v) is 13.8. The molecule has 3 aromatic rings. The predicted molar refractivity (Wildman–Crippen MR) is 89.2 cm³/mol. The van der Waals surface area contributed by atoms with Crippen molar-refractivity contribution in [3.63, 3.8) is 0 Å². The molecule has 0 amide bonds. The van der Waals surface area contributed by atoms with Gasteiger partial charge in [-0.1, -0.05) is 24.3 Å². The molecule has 0 saturated heterocycles. The lowest BCUT2D eigenvalue weighted by Crippen LogP contribution is -2.28. The van der Waals surface area contributed by atoms with Crippen molar-refractivity contribution >= 4 is 36.4 Å². The summed E-state index contributed by atoms with van der Waals surface area (Å²) in [6, 6.07) is 12.7. The molecule has 3 nitrogen and oxygen atoms in total. The van der Waals surface area contributed by atoms with Crippen LogP contribution in [0.15, 0.2) is 48.5 Å². The van der Waals surface area contributed by atoms with Gasteiger partial charge in [0.25, 0.3) is 0 Å². The fraction of sp³-hybridized carbons (Fsp3) is 0.125. The Hall–Kier alpha value is -1.99. The van der Waals surface area contributed by atoms with Gasteiger partial charge in [-0.3, -0.25) is 4.31 Å². The number of thiophene rings is 1. The summed E-state index contributed by atoms with van der Waals surface area (Å²) < 4.78 is 52.8. The fourth-order valence-electron chi connectivity index (χ4n) is 2.25. The van der Waals surface area contributed by atoms with Crippen LogP contribution in [-0.2, 0) is 16.6 Å². The van der Waals surface area contributed by atoms with E-state index in [0.717, 1.165) is 28.5 Å². The highest BCUT2D eigenvalue weighted by Gasteiger charge is 2.20. The molecule has 0 atom stereocenters. The Morgan fingerprint density at radius 2 is 1.78 bits per heavy atom. The van der Waals surface area contributed by atoms with Gasteiger partial charge in [0.2, 0.25) is 10.0 Å². The maximum atomic E-state index is 13.4. The van der Waals surface area contributed by atoms with E-state index < -0.39 is 21.7 Å². The standard InChI is InChI=1S/C16H13F2NO2S2/c1-23(20,21)19(10-11-6-7-13(17)14(18)8-11)16-9-12-4-2-3-5-15(12)22-16/h2-9H,10H2,1H3. The Morgan fingerprint density at radius 3 is 2.43 bits per heavy atom. The average molecular weight is 353 g/mol. The highest BCUT2D eigenvalue weighted by atomic mass is 32.2. The molecule has 0 aliphatic carbocycles. The molecule has 1 aromatic heterocycles. The summed E-state index contributed by atoms with van der Waals surface area (Å²) in [5.74, 6) is -1.95. The van der Waals surface area contributed by atoms with Crippen LogP contribution in [0, 0.1) is 11.6 Å². The quantitative estimate of drug-likeness (QED) is 0.707. The molecular weight excluding hydrogens is 340 g/mol. The first-order chi connectivity index (χ1) is 10.8. The Morgan fingerprint density at radius 1 is 1.04 bits per heavy atom. The molecule has 23 heavy (non-hydrogen) atoms. The van der Waals surface area contributed by atoms with Gasteiger partial charge in [-0.05, 0) is 35.2 Å². The molecule has 7 heteroatoms. The normalized spacial score (nSPS) is 11.8. The third-order valence-corrected chi connectivity index (χ3v) is 5.75. The molecule has 0 saturated carbocycles. The van der Waals surface area contributed by atoms with Crippen LogP contribution < -0.4 is 4.31 Å². The summed E-state index contributed by atoms with van der Waals surface area (Å²) in [4.78, 5) is 0. The molecule has 120 valence electrons. The van der Waals surface area contributed by atoms with Gasteiger partial charge in [0.1, 0.15) is 5.00 Å². The summed E-state index contributed by atoms with van der Waals surface area (Å²) in [5, 5.41) is 1.48. The topological polar surface area (TPSA) is 37.4 Å². The molecule has 0 aliphatic heterocycles. The highest BCUT2D eigenvalue weighted by molar-refractivity contribution is 7.92. The number of fused-ring (bicyclic) bond motifs is 1. The van der Waals surface area contributed by atoms with Crippen molar-refractivity contribution < 1.29 is 17.2 Å². The lowest BCUT2D eigenvalue weighted by atomic mass is 10.2. The smallest absolute Gasteiger partial charge is 0.233 e. The largest absolute Gasteiger partial charge is 0.257 e. The van der Waals surface area contributed by atoms with Crippen molar-refractivity contribution in [1.29, 1.82) is 0 Å². The third-order valence-electron chi connectivity index (χ3n) is 3.37. The van der Waals surface area contributed by atoms with Gasteiger partial charge in [0, 0.05) is 4.70 Å². The van der Waals surface area contributed by atoms with Gasteiger partial charge in [0.05, 0.1) is 12.8 Å². The van der Waals surface area contributed by atoms with E-state index in [1.165, 1.54) is 21.7 Å². The summed E-state index contributed by atoms with van der Waals surface area (Å²) in [7, 11) is -3.56. The van der Waals surface area contributed by atoms with Gasteiger partial charge in [0.15, 0.2) is 11.6 Å². The van der Waals surface area contributed by atoms with Crippen molar-refractivity contribution in [1.82, 2.24) is 0 Å². The van der Waals surface area contributed by atoms with Gasteiger partial charge in [-0.25, -0.2) is 17.2 Å². The van der Waals surface area contributed by atoms with Crippen LogP contribution in [0.4, 0.5) is 13.8 Å². The number of benzene rings is 2. The van der Waals surface area contributed by atoms with Crippen molar-refractivity contribution in [3.05, 3.63) is 65.7 Å². The van der Waals surface area contributed by atoms with Gasteiger partial charge >= 0.3 is 0 Å². The number of sulfonamides is 1. The second-order valence-corrected chi connectivity index (χ2v) is 8.11. The predicted octanol–water partition coefficient (Wildman–Crippen LogP) is 4.15. The summed E-state index contributed by atoms with van der Waals surface area (Å²) in [6.45, 7) is -0.0527. The number of hydrogen-bond donors (Lipinski definition) is 0. The van der Waals surface area contributed by atoms with E-state index in [2.05, 4.69) is 0 Å². The van der Waals surface area contributed by atoms with E-state index in [-0.39, 0.29) is 6.54 Å².